The molecule has 0 aliphatic carbocycles. The van der Waals surface area contributed by atoms with Crippen LogP contribution in [0.3, 0.4) is 0 Å². The Morgan fingerprint density at radius 1 is 0.971 bits per heavy atom. The van der Waals surface area contributed by atoms with Gasteiger partial charge in [-0.05, 0) is 74.1 Å². The number of aryl methyl sites for hydroxylation is 2. The first-order chi connectivity index (χ1) is 16.8. The van der Waals surface area contributed by atoms with Gasteiger partial charge in [-0.3, -0.25) is 9.59 Å². The summed E-state index contributed by atoms with van der Waals surface area (Å²) in [4.78, 5) is 31.9. The number of carbonyl (C=O) groups is 2. The van der Waals surface area contributed by atoms with Crippen LogP contribution in [0.2, 0.25) is 0 Å². The molecule has 0 N–H and O–H groups in total. The molecule has 180 valence electrons. The molecule has 0 radical (unpaired) electrons. The lowest BCUT2D eigenvalue weighted by molar-refractivity contribution is 0.0696. The number of hydrogen-bond acceptors (Lipinski definition) is 3. The predicted octanol–water partition coefficient (Wildman–Crippen LogP) is 5.50. The molecule has 0 spiro atoms. The average molecular weight is 487 g/mol. The molecule has 0 saturated carbocycles. The number of hydrogen-bond donors (Lipinski definition) is 0. The van der Waals surface area contributed by atoms with Crippen molar-refractivity contribution >= 4 is 28.3 Å². The van der Waals surface area contributed by atoms with E-state index in [1.165, 1.54) is 0 Å². The molecule has 2 amide bonds. The normalized spacial score (nSPS) is 18.1. The Bertz CT molecular complexity index is 1340. The Morgan fingerprint density at radius 3 is 2.49 bits per heavy atom. The average Bonchev–Trinajstić information content (AvgIpc) is 2.95. The molecule has 3 aromatic rings. The summed E-state index contributed by atoms with van der Waals surface area (Å²) in [5, 5.41) is 0. The molecular formula is C29H30N2O3S. The van der Waals surface area contributed by atoms with Crippen molar-refractivity contribution in [2.24, 2.45) is 5.92 Å². The maximum atomic E-state index is 13.9. The first kappa shape index (κ1) is 23.5. The molecule has 6 heteroatoms. The van der Waals surface area contributed by atoms with Crippen LogP contribution in [0.15, 0.2) is 70.5 Å². The van der Waals surface area contributed by atoms with Crippen LogP contribution in [0, 0.1) is 19.8 Å². The molecule has 0 unspecified atom stereocenters. The third kappa shape index (κ3) is 4.43. The van der Waals surface area contributed by atoms with E-state index in [0.717, 1.165) is 42.6 Å². The van der Waals surface area contributed by atoms with Crippen molar-refractivity contribution in [3.05, 3.63) is 88.5 Å². The Kier molecular flexibility index (Phi) is 6.32. The van der Waals surface area contributed by atoms with Gasteiger partial charge < -0.3 is 9.80 Å². The molecule has 1 atom stereocenters. The second kappa shape index (κ2) is 9.42. The van der Waals surface area contributed by atoms with Gasteiger partial charge >= 0.3 is 0 Å². The van der Waals surface area contributed by atoms with E-state index in [0.29, 0.717) is 39.1 Å². The van der Waals surface area contributed by atoms with Crippen molar-refractivity contribution < 1.29 is 13.8 Å². The van der Waals surface area contributed by atoms with Gasteiger partial charge in [0.05, 0.1) is 38.4 Å². The number of rotatable bonds is 3. The molecule has 2 heterocycles. The monoisotopic (exact) mass is 486 g/mol. The summed E-state index contributed by atoms with van der Waals surface area (Å²) < 4.78 is 13.6. The van der Waals surface area contributed by atoms with Crippen molar-refractivity contribution in [3.63, 3.8) is 0 Å². The number of benzene rings is 3. The minimum atomic E-state index is -1.53. The van der Waals surface area contributed by atoms with Crippen molar-refractivity contribution in [1.82, 2.24) is 4.90 Å². The Hall–Kier alpha value is -3.25. The fourth-order valence-electron chi connectivity index (χ4n) is 4.89. The highest BCUT2D eigenvalue weighted by Gasteiger charge is 2.32. The first-order valence-electron chi connectivity index (χ1n) is 12.2. The molecule has 1 saturated heterocycles. The van der Waals surface area contributed by atoms with E-state index < -0.39 is 10.8 Å². The van der Waals surface area contributed by atoms with E-state index in [-0.39, 0.29) is 11.8 Å². The third-order valence-electron chi connectivity index (χ3n) is 7.16. The summed E-state index contributed by atoms with van der Waals surface area (Å²) >= 11 is 0. The minimum Gasteiger partial charge on any atom is -0.339 e. The Morgan fingerprint density at radius 2 is 1.71 bits per heavy atom. The fourth-order valence-corrected chi connectivity index (χ4v) is 6.23. The second-order valence-electron chi connectivity index (χ2n) is 9.74. The van der Waals surface area contributed by atoms with Gasteiger partial charge in [-0.25, -0.2) is 4.21 Å². The van der Waals surface area contributed by atoms with Gasteiger partial charge in [-0.2, -0.15) is 0 Å². The summed E-state index contributed by atoms with van der Waals surface area (Å²) in [6.45, 7) is 8.08. The van der Waals surface area contributed by atoms with Crippen LogP contribution in [0.25, 0.3) is 0 Å². The van der Waals surface area contributed by atoms with E-state index in [4.69, 9.17) is 0 Å². The highest BCUT2D eigenvalue weighted by Crippen LogP contribution is 2.36. The molecule has 2 aliphatic rings. The lowest BCUT2D eigenvalue weighted by atomic mass is 9.98. The van der Waals surface area contributed by atoms with Crippen LogP contribution in [0.4, 0.5) is 5.69 Å². The molecule has 0 bridgehead atoms. The van der Waals surface area contributed by atoms with Crippen LogP contribution < -0.4 is 4.90 Å². The Balaban J connectivity index is 1.62. The van der Waals surface area contributed by atoms with Gasteiger partial charge in [0.2, 0.25) is 0 Å². The highest BCUT2D eigenvalue weighted by atomic mass is 32.2. The van der Waals surface area contributed by atoms with E-state index >= 15 is 0 Å². The Labute approximate surface area is 209 Å². The van der Waals surface area contributed by atoms with E-state index in [9.17, 15) is 13.8 Å². The number of carbonyl (C=O) groups excluding carboxylic acids is 2. The summed E-state index contributed by atoms with van der Waals surface area (Å²) in [5.74, 6) is 0.383. The zero-order chi connectivity index (χ0) is 24.7. The molecule has 35 heavy (non-hydrogen) atoms. The van der Waals surface area contributed by atoms with Crippen molar-refractivity contribution in [2.45, 2.75) is 49.9 Å². The number of likely N-dealkylation sites (tertiary alicyclic amines) is 1. The van der Waals surface area contributed by atoms with Gasteiger partial charge in [0.25, 0.3) is 11.8 Å². The zero-order valence-electron chi connectivity index (χ0n) is 20.4. The van der Waals surface area contributed by atoms with Gasteiger partial charge in [0, 0.05) is 18.7 Å². The van der Waals surface area contributed by atoms with Crippen LogP contribution in [-0.2, 0) is 17.3 Å². The van der Waals surface area contributed by atoms with Gasteiger partial charge in [-0.1, -0.05) is 42.8 Å². The van der Waals surface area contributed by atoms with Crippen LogP contribution in [-0.4, -0.2) is 34.0 Å². The van der Waals surface area contributed by atoms with E-state index in [1.807, 2.05) is 18.7 Å². The number of anilines is 1. The number of fused-ring (bicyclic) bond motifs is 2. The molecule has 5 nitrogen and oxygen atoms in total. The first-order valence-corrected chi connectivity index (χ1v) is 13.3. The topological polar surface area (TPSA) is 57.7 Å². The summed E-state index contributed by atoms with van der Waals surface area (Å²) in [6.07, 6.45) is 1.99. The lowest BCUT2D eigenvalue weighted by Crippen LogP contribution is -2.38. The smallest absolute Gasteiger partial charge is 0.259 e. The number of piperidine rings is 1. The standard InChI is InChI=1S/C29H30N2O3S/c1-19-12-14-30(15-13-19)28(32)22-10-11-27-25(17-22)31(18-23-16-20(2)8-9-21(23)3)29(33)24-6-4-5-7-26(24)35(27)34/h4-11,16-17,19H,12-15,18H2,1-3H3/t35-/m0/s1. The molecule has 1 fully saturated rings. The van der Waals surface area contributed by atoms with Crippen LogP contribution >= 0.6 is 0 Å². The third-order valence-corrected chi connectivity index (χ3v) is 8.66. The summed E-state index contributed by atoms with van der Waals surface area (Å²) in [6, 6.07) is 18.6. The minimum absolute atomic E-state index is 0.0358. The number of nitrogens with zero attached hydrogens (tertiary/aromatic N) is 2. The van der Waals surface area contributed by atoms with Gasteiger partial charge in [0.1, 0.15) is 0 Å². The molecule has 2 aliphatic heterocycles. The fraction of sp³-hybridized carbons (Fsp3) is 0.310. The second-order valence-corrected chi connectivity index (χ2v) is 11.2. The molecule has 3 aromatic carbocycles. The van der Waals surface area contributed by atoms with Gasteiger partial charge in [-0.15, -0.1) is 0 Å². The predicted molar refractivity (Wildman–Crippen MR) is 138 cm³/mol. The summed E-state index contributed by atoms with van der Waals surface area (Å²) in [5.41, 5.74) is 4.72. The zero-order valence-corrected chi connectivity index (χ0v) is 21.2. The SMILES string of the molecule is Cc1ccc(C)c(CN2C(=O)c3ccccc3[S@](=O)c3ccc(C(=O)N4CCC(C)CC4)cc32)c1. The molecular weight excluding hydrogens is 456 g/mol. The van der Waals surface area contributed by atoms with Gasteiger partial charge in [0.15, 0.2) is 0 Å². The largest absolute Gasteiger partial charge is 0.339 e. The van der Waals surface area contributed by atoms with E-state index in [1.54, 1.807) is 47.4 Å². The number of amides is 2. The van der Waals surface area contributed by atoms with Crippen LogP contribution in [0.5, 0.6) is 0 Å². The summed E-state index contributed by atoms with van der Waals surface area (Å²) in [7, 11) is -1.53. The molecule has 5 rings (SSSR count). The van der Waals surface area contributed by atoms with Crippen molar-refractivity contribution in [1.29, 1.82) is 0 Å². The van der Waals surface area contributed by atoms with Crippen molar-refractivity contribution in [3.8, 4) is 0 Å². The maximum absolute atomic E-state index is 13.9. The maximum Gasteiger partial charge on any atom is 0.259 e. The van der Waals surface area contributed by atoms with Crippen molar-refractivity contribution in [2.75, 3.05) is 18.0 Å². The molecule has 0 aromatic heterocycles. The highest BCUT2D eigenvalue weighted by molar-refractivity contribution is 7.85. The lowest BCUT2D eigenvalue weighted by Gasteiger charge is -2.31. The quantitative estimate of drug-likeness (QED) is 0.491. The van der Waals surface area contributed by atoms with E-state index in [2.05, 4.69) is 25.1 Å². The van der Waals surface area contributed by atoms with Crippen LogP contribution in [0.1, 0.15) is 57.2 Å².